The second-order valence-corrected chi connectivity index (χ2v) is 5.70. The van der Waals surface area contributed by atoms with Gasteiger partial charge in [-0.15, -0.1) is 0 Å². The van der Waals surface area contributed by atoms with Gasteiger partial charge in [0.15, 0.2) is 5.82 Å². The van der Waals surface area contributed by atoms with Crippen LogP contribution in [-0.4, -0.2) is 23.6 Å². The van der Waals surface area contributed by atoms with Crippen molar-refractivity contribution in [1.29, 1.82) is 0 Å². The number of nitrogens with one attached hydrogen (secondary N) is 1. The molecular weight excluding hydrogens is 250 g/mol. The summed E-state index contributed by atoms with van der Waals surface area (Å²) in [6, 6.07) is 0. The molecule has 1 N–H and O–H groups in total. The molecule has 0 amide bonds. The fourth-order valence-electron chi connectivity index (χ4n) is 2.91. The zero-order valence-electron chi connectivity index (χ0n) is 12.8. The Labute approximate surface area is 122 Å². The molecule has 0 atom stereocenters. The molecule has 4 heteroatoms. The van der Waals surface area contributed by atoms with E-state index in [-0.39, 0.29) is 5.60 Å². The highest BCUT2D eigenvalue weighted by molar-refractivity contribution is 5.10. The quantitative estimate of drug-likeness (QED) is 0.641. The topological polar surface area (TPSA) is 47.0 Å². The van der Waals surface area contributed by atoms with E-state index in [0.29, 0.717) is 0 Å². The van der Waals surface area contributed by atoms with E-state index in [4.69, 9.17) is 4.74 Å². The van der Waals surface area contributed by atoms with Gasteiger partial charge >= 0.3 is 0 Å². The third kappa shape index (κ3) is 3.76. The molecule has 0 aliphatic heterocycles. The summed E-state index contributed by atoms with van der Waals surface area (Å²) in [6.45, 7) is 4.04. The van der Waals surface area contributed by atoms with Crippen molar-refractivity contribution >= 4 is 0 Å². The maximum Gasteiger partial charge on any atom is 0.160 e. The van der Waals surface area contributed by atoms with Crippen LogP contribution in [0.5, 0.6) is 0 Å². The zero-order valence-corrected chi connectivity index (χ0v) is 12.8. The Balaban J connectivity index is 2.06. The Kier molecular flexibility index (Phi) is 5.92. The molecular formula is C16H27N3O. The van der Waals surface area contributed by atoms with E-state index < -0.39 is 0 Å². The Morgan fingerprint density at radius 2 is 1.80 bits per heavy atom. The normalized spacial score (nSPS) is 18.7. The lowest BCUT2D eigenvalue weighted by Gasteiger charge is -2.29. The molecule has 1 saturated carbocycles. The Hall–Kier alpha value is -1.00. The minimum absolute atomic E-state index is 0.258. The SMILES string of the molecule is CCCNCc1cnc(C2(OC)CCCCCC2)nc1. The number of nitrogens with zero attached hydrogens (tertiary/aromatic N) is 2. The predicted octanol–water partition coefficient (Wildman–Crippen LogP) is 3.17. The van der Waals surface area contributed by atoms with E-state index in [1.807, 2.05) is 12.4 Å². The highest BCUT2D eigenvalue weighted by atomic mass is 16.5. The van der Waals surface area contributed by atoms with Gasteiger partial charge in [0.1, 0.15) is 5.60 Å². The van der Waals surface area contributed by atoms with Gasteiger partial charge in [-0.1, -0.05) is 32.6 Å². The first kappa shape index (κ1) is 15.4. The highest BCUT2D eigenvalue weighted by Gasteiger charge is 2.35. The van der Waals surface area contributed by atoms with Crippen molar-refractivity contribution in [2.24, 2.45) is 0 Å². The number of hydrogen-bond acceptors (Lipinski definition) is 4. The van der Waals surface area contributed by atoms with E-state index in [1.54, 1.807) is 7.11 Å². The fraction of sp³-hybridized carbons (Fsp3) is 0.750. The second kappa shape index (κ2) is 7.70. The van der Waals surface area contributed by atoms with Gasteiger partial charge in [-0.05, 0) is 25.8 Å². The molecule has 20 heavy (non-hydrogen) atoms. The summed E-state index contributed by atoms with van der Waals surface area (Å²) in [5, 5.41) is 3.37. The Morgan fingerprint density at radius 1 is 1.15 bits per heavy atom. The van der Waals surface area contributed by atoms with Crippen LogP contribution in [0.1, 0.15) is 63.3 Å². The molecule has 0 radical (unpaired) electrons. The van der Waals surface area contributed by atoms with Gasteiger partial charge in [0.05, 0.1) is 0 Å². The van der Waals surface area contributed by atoms with Crippen LogP contribution in [0.3, 0.4) is 0 Å². The van der Waals surface area contributed by atoms with Crippen molar-refractivity contribution in [3.63, 3.8) is 0 Å². The molecule has 1 aromatic rings. The van der Waals surface area contributed by atoms with Crippen LogP contribution >= 0.6 is 0 Å². The minimum Gasteiger partial charge on any atom is -0.370 e. The first-order chi connectivity index (χ1) is 9.80. The maximum absolute atomic E-state index is 5.84. The van der Waals surface area contributed by atoms with Gasteiger partial charge in [-0.25, -0.2) is 9.97 Å². The molecule has 1 aliphatic rings. The zero-order chi connectivity index (χ0) is 14.3. The van der Waals surface area contributed by atoms with Crippen molar-refractivity contribution in [3.8, 4) is 0 Å². The molecule has 1 aliphatic carbocycles. The van der Waals surface area contributed by atoms with E-state index in [1.165, 1.54) is 25.7 Å². The van der Waals surface area contributed by atoms with Crippen LogP contribution in [0.25, 0.3) is 0 Å². The summed E-state index contributed by atoms with van der Waals surface area (Å²) in [6.07, 6.45) is 12.1. The van der Waals surface area contributed by atoms with Crippen molar-refractivity contribution in [2.45, 2.75) is 64.0 Å². The predicted molar refractivity (Wildman–Crippen MR) is 80.4 cm³/mol. The maximum atomic E-state index is 5.84. The molecule has 0 unspecified atom stereocenters. The van der Waals surface area contributed by atoms with Gasteiger partial charge in [0.2, 0.25) is 0 Å². The smallest absolute Gasteiger partial charge is 0.160 e. The van der Waals surface area contributed by atoms with E-state index in [0.717, 1.165) is 43.7 Å². The fourth-order valence-corrected chi connectivity index (χ4v) is 2.91. The number of ether oxygens (including phenoxy) is 1. The van der Waals surface area contributed by atoms with E-state index >= 15 is 0 Å². The highest BCUT2D eigenvalue weighted by Crippen LogP contribution is 2.36. The molecule has 112 valence electrons. The second-order valence-electron chi connectivity index (χ2n) is 5.70. The van der Waals surface area contributed by atoms with Crippen LogP contribution < -0.4 is 5.32 Å². The van der Waals surface area contributed by atoms with Gasteiger partial charge < -0.3 is 10.1 Å². The summed E-state index contributed by atoms with van der Waals surface area (Å²) >= 11 is 0. The number of aromatic nitrogens is 2. The molecule has 1 heterocycles. The van der Waals surface area contributed by atoms with Crippen LogP contribution in [-0.2, 0) is 16.9 Å². The van der Waals surface area contributed by atoms with Crippen LogP contribution in [0.2, 0.25) is 0 Å². The van der Waals surface area contributed by atoms with Gasteiger partial charge in [-0.3, -0.25) is 0 Å². The lowest BCUT2D eigenvalue weighted by Crippen LogP contribution is -2.30. The molecule has 4 nitrogen and oxygen atoms in total. The van der Waals surface area contributed by atoms with E-state index in [2.05, 4.69) is 22.2 Å². The molecule has 0 aromatic carbocycles. The number of rotatable bonds is 6. The minimum atomic E-state index is -0.258. The summed E-state index contributed by atoms with van der Waals surface area (Å²) in [5.41, 5.74) is 0.883. The Morgan fingerprint density at radius 3 is 2.35 bits per heavy atom. The van der Waals surface area contributed by atoms with Gasteiger partial charge in [0, 0.05) is 31.6 Å². The molecule has 1 aromatic heterocycles. The van der Waals surface area contributed by atoms with Crippen LogP contribution in [0, 0.1) is 0 Å². The molecule has 1 fully saturated rings. The standard InChI is InChI=1S/C16H27N3O/c1-3-10-17-11-14-12-18-15(19-13-14)16(20-2)8-6-4-5-7-9-16/h12-13,17H,3-11H2,1-2H3. The summed E-state index contributed by atoms with van der Waals surface area (Å²) in [4.78, 5) is 9.18. The van der Waals surface area contributed by atoms with Gasteiger partial charge in [-0.2, -0.15) is 0 Å². The first-order valence-corrected chi connectivity index (χ1v) is 7.88. The third-order valence-electron chi connectivity index (χ3n) is 4.17. The van der Waals surface area contributed by atoms with Crippen molar-refractivity contribution in [1.82, 2.24) is 15.3 Å². The monoisotopic (exact) mass is 277 g/mol. The lowest BCUT2D eigenvalue weighted by atomic mass is 9.93. The lowest BCUT2D eigenvalue weighted by molar-refractivity contribution is -0.0352. The number of methoxy groups -OCH3 is 1. The average Bonchev–Trinajstić information content (AvgIpc) is 2.75. The largest absolute Gasteiger partial charge is 0.370 e. The molecule has 0 saturated heterocycles. The third-order valence-corrected chi connectivity index (χ3v) is 4.17. The van der Waals surface area contributed by atoms with E-state index in [9.17, 15) is 0 Å². The Bertz CT molecular complexity index is 383. The van der Waals surface area contributed by atoms with Crippen LogP contribution in [0.15, 0.2) is 12.4 Å². The average molecular weight is 277 g/mol. The van der Waals surface area contributed by atoms with Crippen molar-refractivity contribution in [3.05, 3.63) is 23.8 Å². The summed E-state index contributed by atoms with van der Waals surface area (Å²) in [5.74, 6) is 0.862. The first-order valence-electron chi connectivity index (χ1n) is 7.88. The van der Waals surface area contributed by atoms with Gasteiger partial charge in [0.25, 0.3) is 0 Å². The summed E-state index contributed by atoms with van der Waals surface area (Å²) < 4.78 is 5.84. The van der Waals surface area contributed by atoms with Crippen molar-refractivity contribution < 1.29 is 4.74 Å². The van der Waals surface area contributed by atoms with Crippen molar-refractivity contribution in [2.75, 3.05) is 13.7 Å². The molecule has 2 rings (SSSR count). The molecule has 0 bridgehead atoms. The molecule has 0 spiro atoms. The number of hydrogen-bond donors (Lipinski definition) is 1. The summed E-state index contributed by atoms with van der Waals surface area (Å²) in [7, 11) is 1.80. The van der Waals surface area contributed by atoms with Crippen LogP contribution in [0.4, 0.5) is 0 Å².